The molecule has 2 unspecified atom stereocenters. The third-order valence-electron chi connectivity index (χ3n) is 8.87. The second-order valence-corrected chi connectivity index (χ2v) is 11.5. The van der Waals surface area contributed by atoms with Crippen LogP contribution in [0.25, 0.3) is 0 Å². The first-order chi connectivity index (χ1) is 21.1. The molecule has 228 valence electrons. The Kier molecular flexibility index (Phi) is 9.04. The third kappa shape index (κ3) is 6.17. The fraction of sp³-hybridized carbons (Fsp3) is 0.515. The van der Waals surface area contributed by atoms with Crippen molar-refractivity contribution in [2.24, 2.45) is 9.98 Å². The van der Waals surface area contributed by atoms with Crippen molar-refractivity contribution in [3.63, 3.8) is 0 Å². The molecule has 2 saturated heterocycles. The topological polar surface area (TPSA) is 102 Å². The lowest BCUT2D eigenvalue weighted by atomic mass is 10.1. The minimum absolute atomic E-state index is 0.0151. The van der Waals surface area contributed by atoms with Gasteiger partial charge < -0.3 is 28.7 Å². The molecule has 2 fully saturated rings. The molecule has 0 radical (unpaired) electrons. The third-order valence-corrected chi connectivity index (χ3v) is 8.87. The molecule has 0 spiro atoms. The summed E-state index contributed by atoms with van der Waals surface area (Å²) in [5.41, 5.74) is 2.51. The molecule has 0 saturated carbocycles. The van der Waals surface area contributed by atoms with E-state index in [2.05, 4.69) is 9.98 Å². The van der Waals surface area contributed by atoms with Gasteiger partial charge in [-0.05, 0) is 62.1 Å². The minimum Gasteiger partial charge on any atom is -0.497 e. The number of aliphatic imine (C=N–C) groups is 2. The summed E-state index contributed by atoms with van der Waals surface area (Å²) in [6.07, 6.45) is 10.5. The SMILES string of the molecule is COc1ccc2c(c1)C(=O)N1CCC(OCCCCCCCOC3CCN4C(=O)c5cc(OC)ccc5N=C[C@H]34)[C@H]1C=N2. The number of hydrogen-bond donors (Lipinski definition) is 0. The van der Waals surface area contributed by atoms with Crippen LogP contribution in [0.1, 0.15) is 65.7 Å². The summed E-state index contributed by atoms with van der Waals surface area (Å²) in [4.78, 5) is 39.3. The van der Waals surface area contributed by atoms with Crippen LogP contribution in [0.5, 0.6) is 11.5 Å². The Hall–Kier alpha value is -3.76. The van der Waals surface area contributed by atoms with E-state index in [0.29, 0.717) is 60.3 Å². The van der Waals surface area contributed by atoms with Gasteiger partial charge in [-0.1, -0.05) is 19.3 Å². The standard InChI is InChI=1S/C33H40N4O6/c1-40-22-8-10-26-24(18-22)32(38)36-14-12-30(28(36)20-34-26)42-16-6-4-3-5-7-17-43-31-13-15-37-29(31)21-35-27-11-9-23(41-2)19-25(27)33(37)39/h8-11,18-21,28-31H,3-7,12-17H2,1-2H3/t28-,29-,30?,31?/m1/s1. The number of methoxy groups -OCH3 is 2. The summed E-state index contributed by atoms with van der Waals surface area (Å²) in [5, 5.41) is 0. The number of amides is 2. The van der Waals surface area contributed by atoms with E-state index in [0.717, 1.165) is 44.9 Å². The van der Waals surface area contributed by atoms with Crippen LogP contribution in [-0.2, 0) is 9.47 Å². The maximum atomic E-state index is 13.2. The number of benzene rings is 2. The average molecular weight is 589 g/mol. The van der Waals surface area contributed by atoms with Crippen molar-refractivity contribution >= 4 is 35.6 Å². The van der Waals surface area contributed by atoms with Crippen LogP contribution in [0.4, 0.5) is 11.4 Å². The molecule has 43 heavy (non-hydrogen) atoms. The average Bonchev–Trinajstić information content (AvgIpc) is 3.57. The number of ether oxygens (including phenoxy) is 4. The predicted octanol–water partition coefficient (Wildman–Crippen LogP) is 4.99. The number of carbonyl (C=O) groups excluding carboxylic acids is 2. The van der Waals surface area contributed by atoms with Gasteiger partial charge in [-0.15, -0.1) is 0 Å². The van der Waals surface area contributed by atoms with Crippen molar-refractivity contribution in [1.82, 2.24) is 9.80 Å². The second-order valence-electron chi connectivity index (χ2n) is 11.5. The highest BCUT2D eigenvalue weighted by molar-refractivity contribution is 6.04. The second kappa shape index (κ2) is 13.3. The molecule has 2 aromatic rings. The number of carbonyl (C=O) groups is 2. The molecule has 4 heterocycles. The van der Waals surface area contributed by atoms with Gasteiger partial charge >= 0.3 is 0 Å². The maximum Gasteiger partial charge on any atom is 0.256 e. The summed E-state index contributed by atoms with van der Waals surface area (Å²) in [6, 6.07) is 10.6. The fourth-order valence-electron chi connectivity index (χ4n) is 6.44. The van der Waals surface area contributed by atoms with Gasteiger partial charge in [0.1, 0.15) is 11.5 Å². The molecule has 4 aliphatic rings. The molecule has 2 aromatic carbocycles. The van der Waals surface area contributed by atoms with Crippen molar-refractivity contribution in [1.29, 1.82) is 0 Å². The van der Waals surface area contributed by atoms with Crippen molar-refractivity contribution < 1.29 is 28.5 Å². The van der Waals surface area contributed by atoms with Crippen LogP contribution < -0.4 is 9.47 Å². The van der Waals surface area contributed by atoms with Crippen molar-refractivity contribution in [2.75, 3.05) is 40.5 Å². The smallest absolute Gasteiger partial charge is 0.256 e. The summed E-state index contributed by atoms with van der Waals surface area (Å²) in [6.45, 7) is 2.68. The van der Waals surface area contributed by atoms with E-state index >= 15 is 0 Å². The van der Waals surface area contributed by atoms with Crippen LogP contribution in [-0.4, -0.2) is 98.9 Å². The number of fused-ring (bicyclic) bond motifs is 4. The van der Waals surface area contributed by atoms with E-state index in [1.807, 2.05) is 46.5 Å². The van der Waals surface area contributed by atoms with Gasteiger partial charge in [0.25, 0.3) is 11.8 Å². The minimum atomic E-state index is -0.139. The molecule has 10 nitrogen and oxygen atoms in total. The van der Waals surface area contributed by atoms with Crippen molar-refractivity contribution in [3.05, 3.63) is 47.5 Å². The summed E-state index contributed by atoms with van der Waals surface area (Å²) >= 11 is 0. The van der Waals surface area contributed by atoms with Crippen LogP contribution in [0.15, 0.2) is 46.4 Å². The van der Waals surface area contributed by atoms with Crippen LogP contribution in [0, 0.1) is 0 Å². The van der Waals surface area contributed by atoms with Crippen LogP contribution in [0.2, 0.25) is 0 Å². The van der Waals surface area contributed by atoms with Gasteiger partial charge in [0.15, 0.2) is 0 Å². The number of hydrogen-bond acceptors (Lipinski definition) is 8. The highest BCUT2D eigenvalue weighted by atomic mass is 16.5. The van der Waals surface area contributed by atoms with Crippen molar-refractivity contribution in [2.45, 2.75) is 69.2 Å². The molecule has 0 N–H and O–H groups in total. The van der Waals surface area contributed by atoms with Crippen LogP contribution >= 0.6 is 0 Å². The van der Waals surface area contributed by atoms with E-state index in [1.54, 1.807) is 26.4 Å². The first-order valence-corrected chi connectivity index (χ1v) is 15.4. The monoisotopic (exact) mass is 588 g/mol. The summed E-state index contributed by atoms with van der Waals surface area (Å²) in [5.74, 6) is 1.28. The lowest BCUT2D eigenvalue weighted by molar-refractivity contribution is 0.0381. The Balaban J connectivity index is 0.878. The molecule has 0 aromatic heterocycles. The first kappa shape index (κ1) is 29.3. The van der Waals surface area contributed by atoms with Gasteiger partial charge in [0.2, 0.25) is 0 Å². The quantitative estimate of drug-likeness (QED) is 0.324. The molecule has 4 aliphatic heterocycles. The zero-order valence-electron chi connectivity index (χ0n) is 24.9. The van der Waals surface area contributed by atoms with Gasteiger partial charge in [-0.3, -0.25) is 19.6 Å². The zero-order valence-corrected chi connectivity index (χ0v) is 24.9. The Morgan fingerprint density at radius 2 is 1.12 bits per heavy atom. The first-order valence-electron chi connectivity index (χ1n) is 15.4. The van der Waals surface area contributed by atoms with E-state index in [4.69, 9.17) is 18.9 Å². The van der Waals surface area contributed by atoms with Gasteiger partial charge in [-0.2, -0.15) is 0 Å². The Bertz CT molecular complexity index is 1290. The molecular weight excluding hydrogens is 548 g/mol. The van der Waals surface area contributed by atoms with E-state index in [9.17, 15) is 9.59 Å². The zero-order chi connectivity index (χ0) is 29.8. The lowest BCUT2D eigenvalue weighted by Crippen LogP contribution is -2.40. The predicted molar refractivity (Wildman–Crippen MR) is 164 cm³/mol. The van der Waals surface area contributed by atoms with Crippen molar-refractivity contribution in [3.8, 4) is 11.5 Å². The van der Waals surface area contributed by atoms with Crippen LogP contribution in [0.3, 0.4) is 0 Å². The molecule has 2 amide bonds. The number of nitrogens with zero attached hydrogens (tertiary/aromatic N) is 4. The van der Waals surface area contributed by atoms with Gasteiger partial charge in [0, 0.05) is 38.7 Å². The highest BCUT2D eigenvalue weighted by Gasteiger charge is 2.40. The normalized spacial score (nSPS) is 23.9. The largest absolute Gasteiger partial charge is 0.497 e. The van der Waals surface area contributed by atoms with E-state index in [1.165, 1.54) is 0 Å². The Labute approximate surface area is 252 Å². The molecule has 0 aliphatic carbocycles. The number of rotatable bonds is 12. The molecule has 6 rings (SSSR count). The van der Waals surface area contributed by atoms with Gasteiger partial charge in [0.05, 0.1) is 61.0 Å². The summed E-state index contributed by atoms with van der Waals surface area (Å²) < 4.78 is 23.1. The fourth-order valence-corrected chi connectivity index (χ4v) is 6.44. The highest BCUT2D eigenvalue weighted by Crippen LogP contribution is 2.34. The molecule has 4 atom stereocenters. The number of unbranched alkanes of at least 4 members (excludes halogenated alkanes) is 4. The lowest BCUT2D eigenvalue weighted by Gasteiger charge is -2.24. The Morgan fingerprint density at radius 1 is 0.674 bits per heavy atom. The molecule has 0 bridgehead atoms. The molecule has 10 heteroatoms. The van der Waals surface area contributed by atoms with E-state index in [-0.39, 0.29) is 36.1 Å². The van der Waals surface area contributed by atoms with E-state index < -0.39 is 0 Å². The van der Waals surface area contributed by atoms with Gasteiger partial charge in [-0.25, -0.2) is 0 Å². The maximum absolute atomic E-state index is 13.2. The molecular formula is C33H40N4O6. The summed E-state index contributed by atoms with van der Waals surface area (Å²) in [7, 11) is 3.20. The Morgan fingerprint density at radius 3 is 1.56 bits per heavy atom.